The summed E-state index contributed by atoms with van der Waals surface area (Å²) in [4.78, 5) is 19.1. The van der Waals surface area contributed by atoms with Crippen LogP contribution in [0.3, 0.4) is 0 Å². The van der Waals surface area contributed by atoms with E-state index < -0.39 is 24.1 Å². The molecule has 11 atom stereocenters. The lowest BCUT2D eigenvalue weighted by molar-refractivity contribution is -0.268. The van der Waals surface area contributed by atoms with Gasteiger partial charge in [-0.2, -0.15) is 13.2 Å². The molecule has 0 radical (unpaired) electrons. The number of cyclic esters (lactones) is 1. The van der Waals surface area contributed by atoms with Gasteiger partial charge in [-0.05, 0) is 83.4 Å². The molecule has 0 aromatic carbocycles. The lowest BCUT2D eigenvalue weighted by Gasteiger charge is -2.44. The van der Waals surface area contributed by atoms with Crippen LogP contribution in [-0.2, 0) is 25.2 Å². The van der Waals surface area contributed by atoms with Gasteiger partial charge in [0.1, 0.15) is 5.75 Å². The first-order valence-corrected chi connectivity index (χ1v) is 16.1. The molecule has 1 aromatic rings. The van der Waals surface area contributed by atoms with Crippen molar-refractivity contribution in [2.75, 3.05) is 27.2 Å². The predicted octanol–water partition coefficient (Wildman–Crippen LogP) is 6.18. The molecule has 8 nitrogen and oxygen atoms in total. The van der Waals surface area contributed by atoms with Crippen LogP contribution in [-0.4, -0.2) is 79.8 Å². The fourth-order valence-corrected chi connectivity index (χ4v) is 6.85. The van der Waals surface area contributed by atoms with E-state index in [0.29, 0.717) is 31.4 Å². The van der Waals surface area contributed by atoms with Gasteiger partial charge in [-0.1, -0.05) is 34.6 Å². The Labute approximate surface area is 261 Å². The van der Waals surface area contributed by atoms with Crippen molar-refractivity contribution < 1.29 is 36.9 Å². The topological polar surface area (TPSA) is 82.1 Å². The first-order chi connectivity index (χ1) is 20.6. The summed E-state index contributed by atoms with van der Waals surface area (Å²) in [5.74, 6) is 0.158. The Morgan fingerprint density at radius 2 is 1.64 bits per heavy atom. The second-order valence-corrected chi connectivity index (χ2v) is 13.7. The third-order valence-corrected chi connectivity index (χ3v) is 9.22. The van der Waals surface area contributed by atoms with Gasteiger partial charge in [-0.15, -0.1) is 0 Å². The first-order valence-electron chi connectivity index (χ1n) is 16.1. The Bertz CT molecular complexity index is 1050. The van der Waals surface area contributed by atoms with Crippen LogP contribution in [0.1, 0.15) is 79.7 Å². The van der Waals surface area contributed by atoms with Gasteiger partial charge in [0, 0.05) is 18.8 Å². The van der Waals surface area contributed by atoms with E-state index in [-0.39, 0.29) is 53.6 Å². The van der Waals surface area contributed by atoms with Crippen molar-refractivity contribution in [2.24, 2.45) is 29.6 Å². The van der Waals surface area contributed by atoms with Crippen LogP contribution in [0.25, 0.3) is 0 Å². The molecule has 3 heterocycles. The Hall–Kier alpha value is -1.95. The van der Waals surface area contributed by atoms with Gasteiger partial charge in [0.15, 0.2) is 12.4 Å². The second kappa shape index (κ2) is 16.1. The zero-order chi connectivity index (χ0) is 32.8. The minimum absolute atomic E-state index is 0.00336. The standard InChI is InChI=1S/C33H54F3N3O5/c1-19-10-21(3)29(22(4)12-23(5)31(40)41-18-20(2)11-24(6)39(9)17-19)44-32-30(28(37-8)13-25(7)42-32)43-27-14-26(15-38-16-27)33(34,35)36/h14-16,19-25,28-30,32,37H,10-13,17-18H2,1-9H3/t19?,20?,21?,22?,23?,24?,25-,28+,29?,30-,32+/m1/s1. The van der Waals surface area contributed by atoms with Crippen LogP contribution in [0.15, 0.2) is 18.5 Å². The number of nitrogens with one attached hydrogen (secondary N) is 1. The van der Waals surface area contributed by atoms with Crippen molar-refractivity contribution in [1.82, 2.24) is 15.2 Å². The number of likely N-dealkylation sites (N-methyl/N-ethyl adjacent to an activating group) is 1. The third kappa shape index (κ3) is 10.3. The molecule has 3 rings (SSSR count). The lowest BCUT2D eigenvalue weighted by Crippen LogP contribution is -2.58. The number of aromatic nitrogens is 1. The summed E-state index contributed by atoms with van der Waals surface area (Å²) in [5, 5.41) is 3.25. The highest BCUT2D eigenvalue weighted by molar-refractivity contribution is 5.71. The normalized spacial score (nSPS) is 37.5. The molecule has 44 heavy (non-hydrogen) atoms. The molecule has 2 aliphatic heterocycles. The van der Waals surface area contributed by atoms with Gasteiger partial charge in [0.2, 0.25) is 0 Å². The molecule has 0 amide bonds. The van der Waals surface area contributed by atoms with Crippen LogP contribution in [0, 0.1) is 29.6 Å². The van der Waals surface area contributed by atoms with Crippen molar-refractivity contribution in [1.29, 1.82) is 0 Å². The van der Waals surface area contributed by atoms with Gasteiger partial charge >= 0.3 is 12.1 Å². The number of alkyl halides is 3. The minimum Gasteiger partial charge on any atom is -0.482 e. The number of nitrogens with zero attached hydrogens (tertiary/aromatic N) is 2. The van der Waals surface area contributed by atoms with E-state index in [1.165, 1.54) is 6.20 Å². The third-order valence-electron chi connectivity index (χ3n) is 9.22. The molecular weight excluding hydrogens is 575 g/mol. The number of carbonyl (C=O) groups is 1. The van der Waals surface area contributed by atoms with Crippen LogP contribution in [0.5, 0.6) is 5.75 Å². The molecule has 0 spiro atoms. The van der Waals surface area contributed by atoms with E-state index in [0.717, 1.165) is 31.6 Å². The summed E-state index contributed by atoms with van der Waals surface area (Å²) in [7, 11) is 3.93. The second-order valence-electron chi connectivity index (χ2n) is 13.7. The number of hydrogen-bond donors (Lipinski definition) is 1. The van der Waals surface area contributed by atoms with E-state index in [1.807, 2.05) is 13.8 Å². The largest absolute Gasteiger partial charge is 0.482 e. The first kappa shape index (κ1) is 36.5. The van der Waals surface area contributed by atoms with E-state index >= 15 is 0 Å². The zero-order valence-corrected chi connectivity index (χ0v) is 27.9. The Morgan fingerprint density at radius 3 is 2.30 bits per heavy atom. The van der Waals surface area contributed by atoms with E-state index in [4.69, 9.17) is 18.9 Å². The SMILES string of the molecule is CN[C@H]1C[C@@H](C)O[C@@H](OC2C(C)CC(C)CN(C)C(C)CC(C)COC(=O)C(C)CC2C)[C@@H]1Oc1cncc(C(F)(F)F)c1. The maximum Gasteiger partial charge on any atom is 0.418 e. The van der Waals surface area contributed by atoms with E-state index in [2.05, 4.69) is 56.9 Å². The van der Waals surface area contributed by atoms with Gasteiger partial charge in [0.05, 0.1) is 42.5 Å². The number of esters is 1. The number of pyridine rings is 1. The summed E-state index contributed by atoms with van der Waals surface area (Å²) in [6, 6.07) is 1.06. The quantitative estimate of drug-likeness (QED) is 0.387. The summed E-state index contributed by atoms with van der Waals surface area (Å²) >= 11 is 0. The maximum atomic E-state index is 13.4. The van der Waals surface area contributed by atoms with Crippen molar-refractivity contribution in [3.63, 3.8) is 0 Å². The summed E-state index contributed by atoms with van der Waals surface area (Å²) < 4.78 is 65.4. The molecule has 7 unspecified atom stereocenters. The van der Waals surface area contributed by atoms with E-state index in [1.54, 1.807) is 7.05 Å². The molecule has 2 saturated heterocycles. The highest BCUT2D eigenvalue weighted by Crippen LogP contribution is 2.35. The Kier molecular flexibility index (Phi) is 13.3. The van der Waals surface area contributed by atoms with Crippen molar-refractivity contribution >= 4 is 5.97 Å². The fourth-order valence-electron chi connectivity index (χ4n) is 6.85. The minimum atomic E-state index is -4.55. The highest BCUT2D eigenvalue weighted by Gasteiger charge is 2.43. The highest BCUT2D eigenvalue weighted by atomic mass is 19.4. The van der Waals surface area contributed by atoms with Crippen molar-refractivity contribution in [3.8, 4) is 5.75 Å². The number of hydrogen-bond acceptors (Lipinski definition) is 8. The summed E-state index contributed by atoms with van der Waals surface area (Å²) in [6.45, 7) is 16.0. The molecule has 252 valence electrons. The number of halogens is 3. The van der Waals surface area contributed by atoms with Crippen molar-refractivity contribution in [2.45, 2.75) is 117 Å². The van der Waals surface area contributed by atoms with Gasteiger partial charge in [-0.25, -0.2) is 0 Å². The predicted molar refractivity (Wildman–Crippen MR) is 163 cm³/mol. The maximum absolute atomic E-state index is 13.4. The Morgan fingerprint density at radius 1 is 0.955 bits per heavy atom. The van der Waals surface area contributed by atoms with Gasteiger partial charge in [-0.3, -0.25) is 9.78 Å². The molecule has 0 saturated carbocycles. The average Bonchev–Trinajstić information content (AvgIpc) is 2.94. The molecule has 2 fully saturated rings. The van der Waals surface area contributed by atoms with Crippen LogP contribution in [0.4, 0.5) is 13.2 Å². The smallest absolute Gasteiger partial charge is 0.418 e. The average molecular weight is 630 g/mol. The number of carbonyl (C=O) groups excluding carboxylic acids is 1. The summed E-state index contributed by atoms with van der Waals surface area (Å²) in [6.07, 6.45) is -1.57. The molecule has 11 heteroatoms. The number of rotatable bonds is 5. The fraction of sp³-hybridized carbons (Fsp3) is 0.818. The molecule has 0 bridgehead atoms. The van der Waals surface area contributed by atoms with Crippen LogP contribution in [0.2, 0.25) is 0 Å². The molecule has 0 aliphatic carbocycles. The van der Waals surface area contributed by atoms with Crippen LogP contribution >= 0.6 is 0 Å². The Balaban J connectivity index is 1.90. The zero-order valence-electron chi connectivity index (χ0n) is 27.9. The summed E-state index contributed by atoms with van der Waals surface area (Å²) in [5.41, 5.74) is -0.883. The molecule has 1 aromatic heterocycles. The number of ether oxygens (including phenoxy) is 4. The molecular formula is C33H54F3N3O5. The van der Waals surface area contributed by atoms with Gasteiger partial charge in [0.25, 0.3) is 0 Å². The van der Waals surface area contributed by atoms with Gasteiger partial charge < -0.3 is 29.2 Å². The molecule has 1 N–H and O–H groups in total. The van der Waals surface area contributed by atoms with Crippen LogP contribution < -0.4 is 10.1 Å². The lowest BCUT2D eigenvalue weighted by atomic mass is 9.82. The van der Waals surface area contributed by atoms with Crippen molar-refractivity contribution in [3.05, 3.63) is 24.0 Å². The monoisotopic (exact) mass is 629 g/mol. The van der Waals surface area contributed by atoms with E-state index in [9.17, 15) is 18.0 Å². The molecule has 2 aliphatic rings.